The standard InChI is InChI=1S/C30H27N7O5S3/c1-17-26(35-29(31)44-17)30(36-21(38)15-34-41)27(43-16-18-13-32-33-14-18)24(37-22(39)12-23(37)45-30)28(40)42-25(19-8-4-2-5-9-19)20-10-6-3-7-11-20/h2-11,13-15,23,25,41H,12,16H2,1H3,(H2,31,35)(H,32,33)(H,36,38)/b34-15-/t23-,30?/m1/s1. The number of nitrogens with two attached hydrogens (primary N) is 1. The number of nitrogens with one attached hydrogen (secondary N) is 2. The number of hydrogen-bond acceptors (Lipinski definition) is 12. The van der Waals surface area contributed by atoms with Gasteiger partial charge in [0.15, 0.2) is 16.1 Å². The van der Waals surface area contributed by atoms with E-state index in [1.165, 1.54) is 39.8 Å². The number of oxime groups is 1. The fourth-order valence-electron chi connectivity index (χ4n) is 5.21. The molecule has 4 heterocycles. The molecule has 2 amide bonds. The zero-order chi connectivity index (χ0) is 31.6. The highest BCUT2D eigenvalue weighted by atomic mass is 32.2. The molecule has 5 N–H and O–H groups in total. The first-order valence-corrected chi connectivity index (χ1v) is 16.4. The van der Waals surface area contributed by atoms with Crippen LogP contribution in [0.1, 0.15) is 39.8 Å². The van der Waals surface area contributed by atoms with Gasteiger partial charge in [-0.1, -0.05) is 77.6 Å². The van der Waals surface area contributed by atoms with Crippen molar-refractivity contribution in [1.82, 2.24) is 25.4 Å². The molecule has 230 valence electrons. The number of carbonyl (C=O) groups is 3. The van der Waals surface area contributed by atoms with Gasteiger partial charge in [0.1, 0.15) is 11.9 Å². The number of thiazole rings is 1. The van der Waals surface area contributed by atoms with Gasteiger partial charge in [0.25, 0.3) is 5.91 Å². The Labute approximate surface area is 270 Å². The Bertz CT molecular complexity index is 1740. The van der Waals surface area contributed by atoms with Crippen LogP contribution in [0.2, 0.25) is 0 Å². The molecule has 0 saturated carbocycles. The Morgan fingerprint density at radius 1 is 1.24 bits per heavy atom. The number of aromatic nitrogens is 3. The van der Waals surface area contributed by atoms with Crippen molar-refractivity contribution < 1.29 is 24.3 Å². The number of aryl methyl sites for hydroxylation is 1. The van der Waals surface area contributed by atoms with Crippen molar-refractivity contribution >= 4 is 64.0 Å². The number of hydrogen-bond donors (Lipinski definition) is 4. The van der Waals surface area contributed by atoms with Gasteiger partial charge in [0.2, 0.25) is 5.91 Å². The number of ether oxygens (including phenoxy) is 1. The minimum atomic E-state index is -1.49. The predicted molar refractivity (Wildman–Crippen MR) is 172 cm³/mol. The SMILES string of the molecule is Cc1sc(N)nc1C1(NC(=O)/C=N\O)S[C@@H]2CC(=O)N2C(C(=O)OC(c2ccccc2)c2ccccc2)=C1SCc1cn[nH]c1. The molecule has 2 aromatic heterocycles. The van der Waals surface area contributed by atoms with Crippen LogP contribution in [-0.4, -0.2) is 54.7 Å². The third kappa shape index (κ3) is 5.93. The number of thioether (sulfide) groups is 2. The molecule has 0 radical (unpaired) electrons. The van der Waals surface area contributed by atoms with Crippen LogP contribution in [-0.2, 0) is 29.7 Å². The molecule has 2 aliphatic heterocycles. The molecule has 1 unspecified atom stereocenters. The average molecular weight is 662 g/mol. The third-order valence-electron chi connectivity index (χ3n) is 7.18. The summed E-state index contributed by atoms with van der Waals surface area (Å²) < 4.78 is 6.29. The smallest absolute Gasteiger partial charge is 0.357 e. The number of carbonyl (C=O) groups excluding carboxylic acids is 3. The first-order chi connectivity index (χ1) is 21.8. The number of esters is 1. The molecule has 45 heavy (non-hydrogen) atoms. The van der Waals surface area contributed by atoms with Gasteiger partial charge in [0, 0.05) is 22.4 Å². The molecule has 2 aromatic carbocycles. The maximum Gasteiger partial charge on any atom is 0.357 e. The molecule has 0 aliphatic carbocycles. The monoisotopic (exact) mass is 661 g/mol. The highest BCUT2D eigenvalue weighted by molar-refractivity contribution is 8.06. The van der Waals surface area contributed by atoms with Crippen molar-refractivity contribution in [3.05, 3.63) is 111 Å². The number of amides is 2. The van der Waals surface area contributed by atoms with Gasteiger partial charge in [-0.05, 0) is 18.1 Å². The van der Waals surface area contributed by atoms with Crippen LogP contribution in [0, 0.1) is 6.92 Å². The summed E-state index contributed by atoms with van der Waals surface area (Å²) in [7, 11) is 0. The molecule has 6 rings (SSSR count). The molecule has 15 heteroatoms. The van der Waals surface area contributed by atoms with Crippen LogP contribution in [0.25, 0.3) is 0 Å². The molecule has 0 bridgehead atoms. The summed E-state index contributed by atoms with van der Waals surface area (Å²) in [6.45, 7) is 1.81. The van der Waals surface area contributed by atoms with E-state index in [2.05, 4.69) is 25.7 Å². The van der Waals surface area contributed by atoms with Crippen molar-refractivity contribution in [3.8, 4) is 0 Å². The minimum Gasteiger partial charge on any atom is -0.448 e. The van der Waals surface area contributed by atoms with E-state index in [-0.39, 0.29) is 23.2 Å². The average Bonchev–Trinajstić information content (AvgIpc) is 3.68. The highest BCUT2D eigenvalue weighted by Crippen LogP contribution is 2.58. The minimum absolute atomic E-state index is 0.00688. The zero-order valence-electron chi connectivity index (χ0n) is 23.7. The topological polar surface area (TPSA) is 176 Å². The summed E-state index contributed by atoms with van der Waals surface area (Å²) in [5.74, 6) is -1.43. The molecule has 1 saturated heterocycles. The van der Waals surface area contributed by atoms with E-state index in [9.17, 15) is 19.6 Å². The molecule has 0 spiro atoms. The maximum atomic E-state index is 14.5. The van der Waals surface area contributed by atoms with Crippen molar-refractivity contribution in [2.45, 2.75) is 35.4 Å². The van der Waals surface area contributed by atoms with E-state index >= 15 is 0 Å². The van der Waals surface area contributed by atoms with Crippen molar-refractivity contribution in [2.24, 2.45) is 5.16 Å². The van der Waals surface area contributed by atoms with Crippen molar-refractivity contribution in [1.29, 1.82) is 0 Å². The summed E-state index contributed by atoms with van der Waals surface area (Å²) in [4.78, 5) is 46.4. The number of anilines is 1. The number of aromatic amines is 1. The van der Waals surface area contributed by atoms with E-state index < -0.39 is 28.2 Å². The quantitative estimate of drug-likeness (QED) is 0.0631. The second-order valence-corrected chi connectivity index (χ2v) is 13.7. The first kappa shape index (κ1) is 30.4. The van der Waals surface area contributed by atoms with E-state index in [1.54, 1.807) is 12.4 Å². The van der Waals surface area contributed by atoms with Gasteiger partial charge in [0.05, 0.1) is 28.6 Å². The van der Waals surface area contributed by atoms with Crippen LogP contribution in [0.3, 0.4) is 0 Å². The summed E-state index contributed by atoms with van der Waals surface area (Å²) in [6, 6.07) is 18.6. The van der Waals surface area contributed by atoms with Crippen molar-refractivity contribution in [2.75, 3.05) is 5.73 Å². The molecule has 12 nitrogen and oxygen atoms in total. The van der Waals surface area contributed by atoms with Crippen LogP contribution in [0.4, 0.5) is 5.13 Å². The van der Waals surface area contributed by atoms with E-state index in [1.807, 2.05) is 67.6 Å². The van der Waals surface area contributed by atoms with E-state index in [0.717, 1.165) is 22.9 Å². The lowest BCUT2D eigenvalue weighted by Gasteiger charge is -2.51. The Morgan fingerprint density at radius 2 is 1.93 bits per heavy atom. The fourth-order valence-corrected chi connectivity index (χ4v) is 9.12. The Morgan fingerprint density at radius 3 is 2.49 bits per heavy atom. The van der Waals surface area contributed by atoms with Gasteiger partial charge >= 0.3 is 5.97 Å². The van der Waals surface area contributed by atoms with Crippen LogP contribution < -0.4 is 11.1 Å². The lowest BCUT2D eigenvalue weighted by atomic mass is 10.0. The summed E-state index contributed by atoms with van der Waals surface area (Å²) >= 11 is 3.72. The lowest BCUT2D eigenvalue weighted by molar-refractivity contribution is -0.152. The fraction of sp³-hybridized carbons (Fsp3) is 0.200. The molecule has 4 aromatic rings. The number of fused-ring (bicyclic) bond motifs is 1. The number of rotatable bonds is 10. The molecule has 1 fully saturated rings. The van der Waals surface area contributed by atoms with Gasteiger partial charge in [-0.15, -0.1) is 23.1 Å². The second kappa shape index (κ2) is 12.8. The van der Waals surface area contributed by atoms with E-state index in [4.69, 9.17) is 10.5 Å². The second-order valence-electron chi connectivity index (χ2n) is 10.1. The lowest BCUT2D eigenvalue weighted by Crippen LogP contribution is -2.60. The molecular formula is C30H27N7O5S3. The molecule has 2 aliphatic rings. The number of β-lactam (4-membered cyclic amide) rings is 1. The van der Waals surface area contributed by atoms with E-state index in [0.29, 0.717) is 21.2 Å². The predicted octanol–water partition coefficient (Wildman–Crippen LogP) is 4.27. The van der Waals surface area contributed by atoms with Crippen molar-refractivity contribution in [3.63, 3.8) is 0 Å². The number of H-pyrrole nitrogens is 1. The summed E-state index contributed by atoms with van der Waals surface area (Å²) in [5, 5.41) is 21.6. The largest absolute Gasteiger partial charge is 0.448 e. The van der Waals surface area contributed by atoms with Crippen LogP contribution >= 0.6 is 34.9 Å². The number of nitrogens with zero attached hydrogens (tertiary/aromatic N) is 4. The van der Waals surface area contributed by atoms with Gasteiger partial charge in [-0.3, -0.25) is 19.6 Å². The van der Waals surface area contributed by atoms with Gasteiger partial charge in [-0.25, -0.2) is 9.78 Å². The molecular weight excluding hydrogens is 635 g/mol. The first-order valence-electron chi connectivity index (χ1n) is 13.7. The van der Waals surface area contributed by atoms with Gasteiger partial charge < -0.3 is 21.0 Å². The number of nitrogen functional groups attached to an aromatic ring is 1. The summed E-state index contributed by atoms with van der Waals surface area (Å²) in [6.07, 6.45) is 3.41. The Hall–Kier alpha value is -4.60. The zero-order valence-corrected chi connectivity index (χ0v) is 26.2. The molecule has 2 atom stereocenters. The van der Waals surface area contributed by atoms with Crippen LogP contribution in [0.5, 0.6) is 0 Å². The van der Waals surface area contributed by atoms with Gasteiger partial charge in [-0.2, -0.15) is 5.10 Å². The Kier molecular flexibility index (Phi) is 8.65. The normalized spacial score (nSPS) is 19.5. The van der Waals surface area contributed by atoms with Crippen LogP contribution in [0.15, 0.2) is 88.8 Å². The highest BCUT2D eigenvalue weighted by Gasteiger charge is 2.58. The third-order valence-corrected chi connectivity index (χ3v) is 10.9. The Balaban J connectivity index is 1.54. The number of benzene rings is 2. The summed E-state index contributed by atoms with van der Waals surface area (Å²) in [5.41, 5.74) is 8.82. The maximum absolute atomic E-state index is 14.5.